The molecule has 1 aliphatic heterocycles. The molecule has 0 saturated carbocycles. The zero-order chi connectivity index (χ0) is 18.0. The van der Waals surface area contributed by atoms with Crippen molar-refractivity contribution in [2.24, 2.45) is 0 Å². The molecule has 1 N–H and O–H groups in total. The van der Waals surface area contributed by atoms with Crippen molar-refractivity contribution in [3.05, 3.63) is 64.2 Å². The van der Waals surface area contributed by atoms with Gasteiger partial charge in [0.25, 0.3) is 15.7 Å². The van der Waals surface area contributed by atoms with Crippen molar-refractivity contribution in [2.75, 3.05) is 19.6 Å². The van der Waals surface area contributed by atoms with E-state index in [0.717, 1.165) is 22.5 Å². The van der Waals surface area contributed by atoms with Crippen LogP contribution in [0.15, 0.2) is 47.6 Å². The molecule has 8 nitrogen and oxygen atoms in total. The van der Waals surface area contributed by atoms with Crippen LogP contribution in [-0.4, -0.2) is 42.3 Å². The number of nitrogens with zero attached hydrogens (tertiary/aromatic N) is 3. The van der Waals surface area contributed by atoms with Gasteiger partial charge in [0.1, 0.15) is 5.82 Å². The summed E-state index contributed by atoms with van der Waals surface area (Å²) in [6.07, 6.45) is 3.08. The van der Waals surface area contributed by atoms with Crippen molar-refractivity contribution < 1.29 is 17.7 Å². The summed E-state index contributed by atoms with van der Waals surface area (Å²) in [6.45, 7) is 0.721. The third kappa shape index (κ3) is 3.23. The summed E-state index contributed by atoms with van der Waals surface area (Å²) >= 11 is 0. The number of pyridine rings is 1. The molecule has 0 amide bonds. The summed E-state index contributed by atoms with van der Waals surface area (Å²) in [6, 6.07) is 5.75. The number of piperazine rings is 1. The van der Waals surface area contributed by atoms with Gasteiger partial charge in [0.15, 0.2) is 4.90 Å². The summed E-state index contributed by atoms with van der Waals surface area (Å²) in [5, 5.41) is 14.3. The van der Waals surface area contributed by atoms with Crippen LogP contribution in [0.4, 0.5) is 10.1 Å². The van der Waals surface area contributed by atoms with Crippen LogP contribution in [0.1, 0.15) is 11.6 Å². The Balaban J connectivity index is 2.12. The fourth-order valence-electron chi connectivity index (χ4n) is 2.84. The van der Waals surface area contributed by atoms with Gasteiger partial charge in [0.05, 0.1) is 11.0 Å². The summed E-state index contributed by atoms with van der Waals surface area (Å²) < 4.78 is 41.4. The molecule has 0 bridgehead atoms. The predicted molar refractivity (Wildman–Crippen MR) is 86.8 cm³/mol. The lowest BCUT2D eigenvalue weighted by Gasteiger charge is -2.35. The van der Waals surface area contributed by atoms with E-state index in [-0.39, 0.29) is 6.54 Å². The quantitative estimate of drug-likeness (QED) is 0.649. The predicted octanol–water partition coefficient (Wildman–Crippen LogP) is 1.46. The number of sulfonamides is 1. The molecule has 1 atom stereocenters. The highest BCUT2D eigenvalue weighted by atomic mass is 32.2. The average Bonchev–Trinajstić information content (AvgIpc) is 2.62. The van der Waals surface area contributed by atoms with Gasteiger partial charge in [0.2, 0.25) is 0 Å². The number of hydrogen-bond donors (Lipinski definition) is 1. The van der Waals surface area contributed by atoms with Gasteiger partial charge >= 0.3 is 0 Å². The molecule has 2 heterocycles. The fourth-order valence-corrected chi connectivity index (χ4v) is 4.66. The highest BCUT2D eigenvalue weighted by molar-refractivity contribution is 7.89. The Morgan fingerprint density at radius 1 is 1.32 bits per heavy atom. The number of hydrogen-bond acceptors (Lipinski definition) is 6. The van der Waals surface area contributed by atoms with Gasteiger partial charge in [0, 0.05) is 38.1 Å². The summed E-state index contributed by atoms with van der Waals surface area (Å²) in [5.74, 6) is -1.14. The largest absolute Gasteiger partial charge is 0.313 e. The van der Waals surface area contributed by atoms with E-state index >= 15 is 0 Å². The van der Waals surface area contributed by atoms with Gasteiger partial charge in [-0.1, -0.05) is 12.1 Å². The first-order valence-corrected chi connectivity index (χ1v) is 8.92. The number of nitro groups is 1. The van der Waals surface area contributed by atoms with Crippen LogP contribution in [0.5, 0.6) is 0 Å². The van der Waals surface area contributed by atoms with Crippen molar-refractivity contribution in [2.45, 2.75) is 10.9 Å². The maximum absolute atomic E-state index is 14.3. The summed E-state index contributed by atoms with van der Waals surface area (Å²) in [4.78, 5) is 13.4. The van der Waals surface area contributed by atoms with E-state index in [9.17, 15) is 22.9 Å². The Hall–Kier alpha value is -2.43. The number of aromatic nitrogens is 1. The molecule has 0 radical (unpaired) electrons. The zero-order valence-corrected chi connectivity index (χ0v) is 13.8. The van der Waals surface area contributed by atoms with Crippen molar-refractivity contribution in [3.8, 4) is 0 Å². The standard InChI is InChI=1S/C15H15FN4O4S/c16-12-4-1-5-13(20(21)22)15(12)25(23,24)19-8-7-18-10-14(19)11-3-2-6-17-9-11/h1-6,9,14,18H,7-8,10H2. The fraction of sp³-hybridized carbons (Fsp3) is 0.267. The Bertz CT molecular complexity index is 892. The van der Waals surface area contributed by atoms with Crippen molar-refractivity contribution in [1.82, 2.24) is 14.6 Å². The zero-order valence-electron chi connectivity index (χ0n) is 13.0. The van der Waals surface area contributed by atoms with Crippen LogP contribution in [0.2, 0.25) is 0 Å². The molecular weight excluding hydrogens is 351 g/mol. The molecule has 10 heteroatoms. The van der Waals surface area contributed by atoms with Crippen molar-refractivity contribution in [1.29, 1.82) is 0 Å². The van der Waals surface area contributed by atoms with E-state index in [2.05, 4.69) is 10.3 Å². The monoisotopic (exact) mass is 366 g/mol. The summed E-state index contributed by atoms with van der Waals surface area (Å²) in [7, 11) is -4.42. The lowest BCUT2D eigenvalue weighted by molar-refractivity contribution is -0.388. The van der Waals surface area contributed by atoms with Crippen molar-refractivity contribution in [3.63, 3.8) is 0 Å². The van der Waals surface area contributed by atoms with Crippen LogP contribution in [0.25, 0.3) is 0 Å². The van der Waals surface area contributed by atoms with Gasteiger partial charge in [-0.25, -0.2) is 12.8 Å². The molecule has 3 rings (SSSR count). The van der Waals surface area contributed by atoms with Crippen LogP contribution in [0, 0.1) is 15.9 Å². The molecule has 1 saturated heterocycles. The first kappa shape index (κ1) is 17.4. The number of benzene rings is 1. The first-order valence-electron chi connectivity index (χ1n) is 7.48. The van der Waals surface area contributed by atoms with Gasteiger partial charge in [-0.15, -0.1) is 0 Å². The molecule has 2 aromatic rings. The molecule has 1 aliphatic rings. The molecule has 0 aliphatic carbocycles. The molecule has 1 fully saturated rings. The van der Waals surface area contributed by atoms with Gasteiger partial charge in [-0.05, 0) is 17.7 Å². The van der Waals surface area contributed by atoms with Crippen LogP contribution >= 0.6 is 0 Å². The van der Waals surface area contributed by atoms with Crippen molar-refractivity contribution >= 4 is 15.7 Å². The van der Waals surface area contributed by atoms with E-state index in [4.69, 9.17) is 0 Å². The Kier molecular flexibility index (Phi) is 4.75. The minimum atomic E-state index is -4.42. The minimum Gasteiger partial charge on any atom is -0.313 e. The Morgan fingerprint density at radius 3 is 2.80 bits per heavy atom. The highest BCUT2D eigenvalue weighted by Gasteiger charge is 2.40. The van der Waals surface area contributed by atoms with Crippen LogP contribution < -0.4 is 5.32 Å². The number of nitrogens with one attached hydrogen (secondary N) is 1. The van der Waals surface area contributed by atoms with E-state index in [0.29, 0.717) is 18.7 Å². The minimum absolute atomic E-state index is 0.0629. The highest BCUT2D eigenvalue weighted by Crippen LogP contribution is 2.34. The molecule has 1 aromatic carbocycles. The van der Waals surface area contributed by atoms with E-state index < -0.39 is 37.4 Å². The normalized spacial score (nSPS) is 18.8. The number of halogens is 1. The molecule has 1 aromatic heterocycles. The van der Waals surface area contributed by atoms with E-state index in [1.54, 1.807) is 18.3 Å². The SMILES string of the molecule is O=[N+]([O-])c1cccc(F)c1S(=O)(=O)N1CCNCC1c1cccnc1. The molecule has 25 heavy (non-hydrogen) atoms. The lowest BCUT2D eigenvalue weighted by Crippen LogP contribution is -2.48. The molecule has 0 spiro atoms. The maximum atomic E-state index is 14.3. The summed E-state index contributed by atoms with van der Waals surface area (Å²) in [5.41, 5.74) is -0.152. The second kappa shape index (κ2) is 6.82. The smallest absolute Gasteiger partial charge is 0.292 e. The topological polar surface area (TPSA) is 105 Å². The third-order valence-electron chi connectivity index (χ3n) is 3.97. The van der Waals surface area contributed by atoms with Gasteiger partial charge < -0.3 is 5.32 Å². The Morgan fingerprint density at radius 2 is 2.12 bits per heavy atom. The van der Waals surface area contributed by atoms with Gasteiger partial charge in [-0.2, -0.15) is 4.31 Å². The first-order chi connectivity index (χ1) is 11.9. The second-order valence-electron chi connectivity index (χ2n) is 5.47. The van der Waals surface area contributed by atoms with Crippen LogP contribution in [-0.2, 0) is 10.0 Å². The van der Waals surface area contributed by atoms with E-state index in [1.165, 1.54) is 6.20 Å². The molecular formula is C15H15FN4O4S. The molecule has 132 valence electrons. The van der Waals surface area contributed by atoms with Crippen LogP contribution in [0.3, 0.4) is 0 Å². The molecule has 1 unspecified atom stereocenters. The number of rotatable bonds is 4. The lowest BCUT2D eigenvalue weighted by atomic mass is 10.1. The number of nitro benzene ring substituents is 1. The second-order valence-corrected chi connectivity index (χ2v) is 7.29. The Labute approximate surface area is 143 Å². The van der Waals surface area contributed by atoms with Gasteiger partial charge in [-0.3, -0.25) is 15.1 Å². The van der Waals surface area contributed by atoms with E-state index in [1.807, 2.05) is 0 Å². The third-order valence-corrected chi connectivity index (χ3v) is 5.95. The average molecular weight is 366 g/mol. The maximum Gasteiger partial charge on any atom is 0.292 e.